The Morgan fingerprint density at radius 2 is 2.10 bits per heavy atom. The van der Waals surface area contributed by atoms with Gasteiger partial charge >= 0.3 is 0 Å². The van der Waals surface area contributed by atoms with Gasteiger partial charge in [-0.05, 0) is 49.4 Å². The molecular weight excluding hydrogens is 321 g/mol. The molecule has 1 fully saturated rings. The van der Waals surface area contributed by atoms with Crippen LogP contribution in [0.1, 0.15) is 45.1 Å². The zero-order chi connectivity index (χ0) is 14.6. The van der Waals surface area contributed by atoms with Crippen molar-refractivity contribution in [1.29, 1.82) is 0 Å². The van der Waals surface area contributed by atoms with Crippen molar-refractivity contribution in [1.82, 2.24) is 5.32 Å². The Morgan fingerprint density at radius 3 is 2.75 bits per heavy atom. The lowest BCUT2D eigenvalue weighted by molar-refractivity contribution is -0.0932. The Hall–Kier alpha value is -0.450. The number of hydrogen-bond acceptors (Lipinski definition) is 2. The van der Waals surface area contributed by atoms with E-state index in [4.69, 9.17) is 4.74 Å². The first-order valence-corrected chi connectivity index (χ1v) is 8.18. The summed E-state index contributed by atoms with van der Waals surface area (Å²) in [5, 5.41) is 3.55. The van der Waals surface area contributed by atoms with Crippen molar-refractivity contribution in [3.8, 4) is 0 Å². The maximum absolute atomic E-state index is 13.3. The van der Waals surface area contributed by atoms with Gasteiger partial charge in [0.2, 0.25) is 0 Å². The molecule has 0 saturated carbocycles. The Kier molecular flexibility index (Phi) is 5.58. The summed E-state index contributed by atoms with van der Waals surface area (Å²) in [6.45, 7) is 5.89. The standard InChI is InChI=1S/C16H23BrFNO/c1-3-16(4-2)10-15(5-6-20-16)19-11-12-7-13(17)9-14(18)8-12/h7-9,15,19H,3-6,10-11H2,1-2H3. The van der Waals surface area contributed by atoms with Gasteiger partial charge in [-0.3, -0.25) is 0 Å². The van der Waals surface area contributed by atoms with Crippen molar-refractivity contribution in [2.45, 2.75) is 57.7 Å². The van der Waals surface area contributed by atoms with Gasteiger partial charge in [0.05, 0.1) is 5.60 Å². The first kappa shape index (κ1) is 15.9. The second-order valence-electron chi connectivity index (χ2n) is 5.59. The van der Waals surface area contributed by atoms with E-state index in [0.717, 1.165) is 42.3 Å². The highest BCUT2D eigenvalue weighted by atomic mass is 79.9. The number of hydrogen-bond donors (Lipinski definition) is 1. The molecule has 1 N–H and O–H groups in total. The molecule has 0 bridgehead atoms. The molecule has 0 amide bonds. The minimum atomic E-state index is -0.195. The Balaban J connectivity index is 1.93. The quantitative estimate of drug-likeness (QED) is 0.854. The second-order valence-corrected chi connectivity index (χ2v) is 6.50. The van der Waals surface area contributed by atoms with Gasteiger partial charge in [-0.15, -0.1) is 0 Å². The normalized spacial score (nSPS) is 21.9. The number of rotatable bonds is 5. The van der Waals surface area contributed by atoms with Crippen LogP contribution in [0, 0.1) is 5.82 Å². The fourth-order valence-corrected chi connectivity index (χ4v) is 3.43. The Morgan fingerprint density at radius 1 is 1.35 bits per heavy atom. The van der Waals surface area contributed by atoms with Gasteiger partial charge in [0.15, 0.2) is 0 Å². The lowest BCUT2D eigenvalue weighted by atomic mass is 9.86. The van der Waals surface area contributed by atoms with Crippen LogP contribution in [-0.4, -0.2) is 18.2 Å². The zero-order valence-corrected chi connectivity index (χ0v) is 13.8. The Bertz CT molecular complexity index is 428. The third-order valence-electron chi connectivity index (χ3n) is 4.30. The molecule has 0 spiro atoms. The van der Waals surface area contributed by atoms with Crippen molar-refractivity contribution in [3.63, 3.8) is 0 Å². The van der Waals surface area contributed by atoms with E-state index >= 15 is 0 Å². The molecule has 1 aromatic carbocycles. The second kappa shape index (κ2) is 7.01. The van der Waals surface area contributed by atoms with Crippen LogP contribution in [0.25, 0.3) is 0 Å². The van der Waals surface area contributed by atoms with Crippen LogP contribution in [0.15, 0.2) is 22.7 Å². The van der Waals surface area contributed by atoms with Gasteiger partial charge in [-0.2, -0.15) is 0 Å². The fraction of sp³-hybridized carbons (Fsp3) is 0.625. The molecule has 0 radical (unpaired) electrons. The molecule has 2 rings (SSSR count). The number of halogens is 2. The van der Waals surface area contributed by atoms with E-state index in [1.807, 2.05) is 6.07 Å². The van der Waals surface area contributed by atoms with Crippen LogP contribution in [0.2, 0.25) is 0 Å². The van der Waals surface area contributed by atoms with E-state index in [-0.39, 0.29) is 11.4 Å². The maximum Gasteiger partial charge on any atom is 0.124 e. The van der Waals surface area contributed by atoms with E-state index in [1.54, 1.807) is 6.07 Å². The minimum Gasteiger partial charge on any atom is -0.375 e. The molecular formula is C16H23BrFNO. The van der Waals surface area contributed by atoms with Gasteiger partial charge in [-0.25, -0.2) is 4.39 Å². The van der Waals surface area contributed by atoms with Crippen molar-refractivity contribution in [2.75, 3.05) is 6.61 Å². The van der Waals surface area contributed by atoms with Crippen molar-refractivity contribution >= 4 is 15.9 Å². The fourth-order valence-electron chi connectivity index (χ4n) is 2.92. The summed E-state index contributed by atoms with van der Waals surface area (Å²) in [7, 11) is 0. The molecule has 1 aromatic rings. The molecule has 1 atom stereocenters. The minimum absolute atomic E-state index is 0.0262. The summed E-state index contributed by atoms with van der Waals surface area (Å²) < 4.78 is 20.1. The maximum atomic E-state index is 13.3. The highest BCUT2D eigenvalue weighted by Gasteiger charge is 2.34. The third kappa shape index (κ3) is 4.03. The number of nitrogens with one attached hydrogen (secondary N) is 1. The largest absolute Gasteiger partial charge is 0.375 e. The SMILES string of the molecule is CCC1(CC)CC(NCc2cc(F)cc(Br)c2)CCO1. The molecule has 20 heavy (non-hydrogen) atoms. The molecule has 112 valence electrons. The average molecular weight is 344 g/mol. The van der Waals surface area contributed by atoms with Crippen LogP contribution in [0.5, 0.6) is 0 Å². The van der Waals surface area contributed by atoms with Crippen molar-refractivity contribution < 1.29 is 9.13 Å². The molecule has 1 aliphatic rings. The summed E-state index contributed by atoms with van der Waals surface area (Å²) in [4.78, 5) is 0. The summed E-state index contributed by atoms with van der Waals surface area (Å²) in [5.74, 6) is -0.195. The molecule has 1 heterocycles. The monoisotopic (exact) mass is 343 g/mol. The molecule has 0 aliphatic carbocycles. The number of benzene rings is 1. The Labute approximate surface area is 129 Å². The van der Waals surface area contributed by atoms with Gasteiger partial charge in [0.1, 0.15) is 5.82 Å². The molecule has 2 nitrogen and oxygen atoms in total. The zero-order valence-electron chi connectivity index (χ0n) is 12.2. The molecule has 0 aromatic heterocycles. The predicted octanol–water partition coefficient (Wildman–Crippen LogP) is 4.42. The van der Waals surface area contributed by atoms with Gasteiger partial charge < -0.3 is 10.1 Å². The van der Waals surface area contributed by atoms with E-state index in [9.17, 15) is 4.39 Å². The molecule has 4 heteroatoms. The van der Waals surface area contributed by atoms with Crippen LogP contribution in [0.3, 0.4) is 0 Å². The van der Waals surface area contributed by atoms with E-state index in [0.29, 0.717) is 12.6 Å². The first-order valence-electron chi connectivity index (χ1n) is 7.39. The summed E-state index contributed by atoms with van der Waals surface area (Å²) in [6, 6.07) is 5.48. The van der Waals surface area contributed by atoms with Crippen LogP contribution < -0.4 is 5.32 Å². The van der Waals surface area contributed by atoms with Crippen LogP contribution in [0.4, 0.5) is 4.39 Å². The highest BCUT2D eigenvalue weighted by molar-refractivity contribution is 9.10. The summed E-state index contributed by atoms with van der Waals surface area (Å²) >= 11 is 3.33. The van der Waals surface area contributed by atoms with E-state index < -0.39 is 0 Å². The highest BCUT2D eigenvalue weighted by Crippen LogP contribution is 2.31. The number of ether oxygens (including phenoxy) is 1. The topological polar surface area (TPSA) is 21.3 Å². The summed E-state index contributed by atoms with van der Waals surface area (Å²) in [6.07, 6.45) is 4.16. The smallest absolute Gasteiger partial charge is 0.124 e. The first-order chi connectivity index (χ1) is 9.57. The van der Waals surface area contributed by atoms with E-state index in [1.165, 1.54) is 6.07 Å². The lowest BCUT2D eigenvalue weighted by Gasteiger charge is -2.40. The van der Waals surface area contributed by atoms with Gasteiger partial charge in [0.25, 0.3) is 0 Å². The predicted molar refractivity (Wildman–Crippen MR) is 83.2 cm³/mol. The molecule has 1 saturated heterocycles. The molecule has 1 aliphatic heterocycles. The lowest BCUT2D eigenvalue weighted by Crippen LogP contribution is -2.46. The third-order valence-corrected chi connectivity index (χ3v) is 4.76. The van der Waals surface area contributed by atoms with Crippen molar-refractivity contribution in [2.24, 2.45) is 0 Å². The van der Waals surface area contributed by atoms with Crippen LogP contribution in [-0.2, 0) is 11.3 Å². The summed E-state index contributed by atoms with van der Waals surface area (Å²) in [5.41, 5.74) is 1.00. The van der Waals surface area contributed by atoms with Gasteiger partial charge in [-0.1, -0.05) is 29.8 Å². The van der Waals surface area contributed by atoms with Gasteiger partial charge in [0, 0.05) is 23.7 Å². The van der Waals surface area contributed by atoms with Crippen molar-refractivity contribution in [3.05, 3.63) is 34.1 Å². The average Bonchev–Trinajstić information content (AvgIpc) is 2.44. The molecule has 1 unspecified atom stereocenters. The van der Waals surface area contributed by atoms with E-state index in [2.05, 4.69) is 35.1 Å². The van der Waals surface area contributed by atoms with Crippen LogP contribution >= 0.6 is 15.9 Å².